The van der Waals surface area contributed by atoms with Crippen molar-refractivity contribution in [1.82, 2.24) is 5.32 Å². The van der Waals surface area contributed by atoms with Gasteiger partial charge >= 0.3 is 0 Å². The topological polar surface area (TPSA) is 12.0 Å². The molecular weight excluding hydrogens is 238 g/mol. The van der Waals surface area contributed by atoms with Gasteiger partial charge in [-0.05, 0) is 32.0 Å². The van der Waals surface area contributed by atoms with Crippen LogP contribution in [0.1, 0.15) is 24.1 Å². The number of likely N-dealkylation sites (N-methyl/N-ethyl adjacent to an activating group) is 1. The van der Waals surface area contributed by atoms with E-state index in [0.717, 1.165) is 5.57 Å². The predicted molar refractivity (Wildman–Crippen MR) is 65.5 cm³/mol. The molecule has 0 aliphatic rings. The van der Waals surface area contributed by atoms with Gasteiger partial charge in [-0.2, -0.15) is 0 Å². The van der Waals surface area contributed by atoms with Gasteiger partial charge in [-0.3, -0.25) is 0 Å². The second-order valence-electron chi connectivity index (χ2n) is 3.55. The number of benzene rings is 1. The van der Waals surface area contributed by atoms with Crippen molar-refractivity contribution in [2.45, 2.75) is 19.9 Å². The van der Waals surface area contributed by atoms with Gasteiger partial charge in [0.1, 0.15) is 0 Å². The standard InChI is InChI=1S/C12H16BrN/c1-8(2)12(14-4)10-7-5-6-9(3)11(10)13/h5-7,12,14H,1H2,2-4H3. The van der Waals surface area contributed by atoms with Crippen molar-refractivity contribution in [3.63, 3.8) is 0 Å². The summed E-state index contributed by atoms with van der Waals surface area (Å²) < 4.78 is 1.17. The van der Waals surface area contributed by atoms with Crippen LogP contribution >= 0.6 is 15.9 Å². The highest BCUT2D eigenvalue weighted by Gasteiger charge is 2.13. The van der Waals surface area contributed by atoms with Crippen molar-refractivity contribution >= 4 is 15.9 Å². The molecule has 2 heteroatoms. The van der Waals surface area contributed by atoms with E-state index in [4.69, 9.17) is 0 Å². The largest absolute Gasteiger partial charge is 0.310 e. The highest BCUT2D eigenvalue weighted by Crippen LogP contribution is 2.29. The van der Waals surface area contributed by atoms with Gasteiger partial charge in [0.25, 0.3) is 0 Å². The summed E-state index contributed by atoms with van der Waals surface area (Å²) in [7, 11) is 1.95. The maximum absolute atomic E-state index is 3.99. The fourth-order valence-corrected chi connectivity index (χ4v) is 2.05. The molecule has 1 nitrogen and oxygen atoms in total. The molecular formula is C12H16BrN. The Bertz CT molecular complexity index is 344. The minimum atomic E-state index is 0.226. The lowest BCUT2D eigenvalue weighted by Crippen LogP contribution is -2.17. The maximum atomic E-state index is 3.99. The SMILES string of the molecule is C=C(C)C(NC)c1cccc(C)c1Br. The third-order valence-electron chi connectivity index (χ3n) is 2.31. The van der Waals surface area contributed by atoms with Crippen LogP contribution < -0.4 is 5.32 Å². The van der Waals surface area contributed by atoms with Crippen molar-refractivity contribution in [2.75, 3.05) is 7.05 Å². The molecule has 14 heavy (non-hydrogen) atoms. The Balaban J connectivity index is 3.16. The van der Waals surface area contributed by atoms with Gasteiger partial charge < -0.3 is 5.32 Å². The van der Waals surface area contributed by atoms with Crippen LogP contribution in [0.5, 0.6) is 0 Å². The van der Waals surface area contributed by atoms with Crippen LogP contribution in [0.4, 0.5) is 0 Å². The zero-order valence-electron chi connectivity index (χ0n) is 8.89. The van der Waals surface area contributed by atoms with Gasteiger partial charge in [-0.1, -0.05) is 46.3 Å². The molecule has 0 aliphatic heterocycles. The van der Waals surface area contributed by atoms with E-state index in [1.165, 1.54) is 15.6 Å². The molecule has 0 spiro atoms. The Hall–Kier alpha value is -0.600. The monoisotopic (exact) mass is 253 g/mol. The Morgan fingerprint density at radius 3 is 2.64 bits per heavy atom. The first-order chi connectivity index (χ1) is 6.57. The summed E-state index contributed by atoms with van der Waals surface area (Å²) in [5, 5.41) is 3.26. The molecule has 1 rings (SSSR count). The van der Waals surface area contributed by atoms with Gasteiger partial charge in [-0.25, -0.2) is 0 Å². The zero-order chi connectivity index (χ0) is 10.7. The average Bonchev–Trinajstić information content (AvgIpc) is 2.13. The molecule has 0 heterocycles. The van der Waals surface area contributed by atoms with E-state index in [-0.39, 0.29) is 6.04 Å². The third kappa shape index (κ3) is 2.25. The molecule has 0 fully saturated rings. The summed E-state index contributed by atoms with van der Waals surface area (Å²) in [4.78, 5) is 0. The molecule has 0 aliphatic carbocycles. The zero-order valence-corrected chi connectivity index (χ0v) is 10.5. The molecule has 0 radical (unpaired) electrons. The average molecular weight is 254 g/mol. The summed E-state index contributed by atoms with van der Waals surface area (Å²) in [6.07, 6.45) is 0. The van der Waals surface area contributed by atoms with Crippen LogP contribution in [0.3, 0.4) is 0 Å². The van der Waals surface area contributed by atoms with Crippen molar-refractivity contribution in [1.29, 1.82) is 0 Å². The summed E-state index contributed by atoms with van der Waals surface area (Å²) in [6.45, 7) is 8.12. The van der Waals surface area contributed by atoms with Crippen LogP contribution in [0.2, 0.25) is 0 Å². The van der Waals surface area contributed by atoms with E-state index in [1.54, 1.807) is 0 Å². The van der Waals surface area contributed by atoms with E-state index >= 15 is 0 Å². The van der Waals surface area contributed by atoms with Crippen LogP contribution in [-0.4, -0.2) is 7.05 Å². The lowest BCUT2D eigenvalue weighted by Gasteiger charge is -2.19. The number of hydrogen-bond donors (Lipinski definition) is 1. The highest BCUT2D eigenvalue weighted by molar-refractivity contribution is 9.10. The first kappa shape index (κ1) is 11.5. The minimum absolute atomic E-state index is 0.226. The van der Waals surface area contributed by atoms with Gasteiger partial charge in [0.15, 0.2) is 0 Å². The highest BCUT2D eigenvalue weighted by atomic mass is 79.9. The fraction of sp³-hybridized carbons (Fsp3) is 0.333. The second-order valence-corrected chi connectivity index (χ2v) is 4.34. The van der Waals surface area contributed by atoms with Gasteiger partial charge in [0.05, 0.1) is 6.04 Å². The van der Waals surface area contributed by atoms with Crippen molar-refractivity contribution in [2.24, 2.45) is 0 Å². The summed E-state index contributed by atoms with van der Waals surface area (Å²) in [5.74, 6) is 0. The lowest BCUT2D eigenvalue weighted by molar-refractivity contribution is 0.676. The molecule has 1 aromatic carbocycles. The molecule has 1 atom stereocenters. The number of rotatable bonds is 3. The third-order valence-corrected chi connectivity index (χ3v) is 3.40. The molecule has 1 aromatic rings. The molecule has 1 unspecified atom stereocenters. The van der Waals surface area contributed by atoms with Crippen LogP contribution in [0, 0.1) is 6.92 Å². The number of nitrogens with one attached hydrogen (secondary N) is 1. The van der Waals surface area contributed by atoms with Gasteiger partial charge in [-0.15, -0.1) is 0 Å². The first-order valence-corrected chi connectivity index (χ1v) is 5.45. The Labute approximate surface area is 94.3 Å². The van der Waals surface area contributed by atoms with E-state index in [0.29, 0.717) is 0 Å². The van der Waals surface area contributed by atoms with Crippen LogP contribution in [0.25, 0.3) is 0 Å². The molecule has 0 saturated carbocycles. The maximum Gasteiger partial charge on any atom is 0.0539 e. The van der Waals surface area contributed by atoms with Crippen molar-refractivity contribution in [3.8, 4) is 0 Å². The van der Waals surface area contributed by atoms with Gasteiger partial charge in [0.2, 0.25) is 0 Å². The molecule has 76 valence electrons. The van der Waals surface area contributed by atoms with E-state index in [1.807, 2.05) is 14.0 Å². The quantitative estimate of drug-likeness (QED) is 0.813. The molecule has 0 amide bonds. The minimum Gasteiger partial charge on any atom is -0.310 e. The fourth-order valence-electron chi connectivity index (χ4n) is 1.56. The Morgan fingerprint density at radius 1 is 1.50 bits per heavy atom. The predicted octanol–water partition coefficient (Wildman–Crippen LogP) is 3.59. The molecule has 0 aromatic heterocycles. The van der Waals surface area contributed by atoms with Crippen LogP contribution in [-0.2, 0) is 0 Å². The molecule has 1 N–H and O–H groups in total. The number of hydrogen-bond acceptors (Lipinski definition) is 1. The van der Waals surface area contributed by atoms with E-state index in [9.17, 15) is 0 Å². The first-order valence-electron chi connectivity index (χ1n) is 4.65. The Morgan fingerprint density at radius 2 is 2.14 bits per heavy atom. The lowest BCUT2D eigenvalue weighted by atomic mass is 9.99. The molecule has 0 saturated heterocycles. The Kier molecular flexibility index (Phi) is 3.90. The normalized spacial score (nSPS) is 12.6. The number of halogens is 1. The van der Waals surface area contributed by atoms with Gasteiger partial charge in [0, 0.05) is 4.47 Å². The van der Waals surface area contributed by atoms with E-state index < -0.39 is 0 Å². The van der Waals surface area contributed by atoms with Crippen molar-refractivity contribution in [3.05, 3.63) is 46.0 Å². The van der Waals surface area contributed by atoms with E-state index in [2.05, 4.69) is 52.9 Å². The number of aryl methyl sites for hydroxylation is 1. The van der Waals surface area contributed by atoms with Crippen LogP contribution in [0.15, 0.2) is 34.8 Å². The smallest absolute Gasteiger partial charge is 0.0539 e. The summed E-state index contributed by atoms with van der Waals surface area (Å²) in [5.41, 5.74) is 3.63. The summed E-state index contributed by atoms with van der Waals surface area (Å²) in [6, 6.07) is 6.51. The summed E-state index contributed by atoms with van der Waals surface area (Å²) >= 11 is 3.61. The molecule has 0 bridgehead atoms. The van der Waals surface area contributed by atoms with Crippen molar-refractivity contribution < 1.29 is 0 Å². The second kappa shape index (κ2) is 4.76.